The van der Waals surface area contributed by atoms with Gasteiger partial charge < -0.3 is 9.64 Å². The van der Waals surface area contributed by atoms with Crippen LogP contribution in [0.1, 0.15) is 24.4 Å². The van der Waals surface area contributed by atoms with E-state index in [1.807, 2.05) is 24.3 Å². The average Bonchev–Trinajstić information content (AvgIpc) is 3.15. The molecule has 8 heteroatoms. The maximum absolute atomic E-state index is 11.4. The Balaban J connectivity index is 1.88. The number of primary sulfonamides is 1. The highest BCUT2D eigenvalue weighted by Gasteiger charge is 2.29. The van der Waals surface area contributed by atoms with Gasteiger partial charge in [-0.05, 0) is 30.5 Å². The number of hydrogen-bond acceptors (Lipinski definition) is 6. The maximum Gasteiger partial charge on any atom is 0.249 e. The molecule has 0 unspecified atom stereocenters. The fourth-order valence-corrected chi connectivity index (χ4v) is 4.30. The molecule has 6 nitrogen and oxygen atoms in total. The highest BCUT2D eigenvalue weighted by atomic mass is 32.2. The summed E-state index contributed by atoms with van der Waals surface area (Å²) in [5, 5.41) is 5.85. The monoisotopic (exact) mass is 339 g/mol. The summed E-state index contributed by atoms with van der Waals surface area (Å²) in [7, 11) is -2.05. The highest BCUT2D eigenvalue weighted by molar-refractivity contribution is 7.91. The molecule has 1 fully saturated rings. The van der Waals surface area contributed by atoms with Gasteiger partial charge in [0.15, 0.2) is 9.34 Å². The Morgan fingerprint density at radius 1 is 1.36 bits per heavy atom. The Labute approximate surface area is 133 Å². The second-order valence-corrected chi connectivity index (χ2v) is 7.93. The molecule has 2 aromatic rings. The van der Waals surface area contributed by atoms with E-state index in [-0.39, 0.29) is 10.3 Å². The second kappa shape index (κ2) is 5.86. The summed E-state index contributed by atoms with van der Waals surface area (Å²) < 4.78 is 28.1. The van der Waals surface area contributed by atoms with Crippen LogP contribution in [-0.4, -0.2) is 27.1 Å². The smallest absolute Gasteiger partial charge is 0.249 e. The Bertz CT molecular complexity index is 756. The molecule has 0 saturated carbocycles. The molecule has 3 rings (SSSR count). The number of hydrogen-bond donors (Lipinski definition) is 1. The summed E-state index contributed by atoms with van der Waals surface area (Å²) in [5.74, 6) is 0.819. The third kappa shape index (κ3) is 2.94. The topological polar surface area (TPSA) is 85.5 Å². The first-order valence-corrected chi connectivity index (χ1v) is 9.24. The Morgan fingerprint density at radius 3 is 2.68 bits per heavy atom. The molecule has 1 aromatic heterocycles. The van der Waals surface area contributed by atoms with E-state index < -0.39 is 10.0 Å². The van der Waals surface area contributed by atoms with E-state index in [1.165, 1.54) is 11.8 Å². The van der Waals surface area contributed by atoms with Crippen molar-refractivity contribution in [1.82, 2.24) is 4.98 Å². The molecule has 0 bridgehead atoms. The van der Waals surface area contributed by atoms with Crippen molar-refractivity contribution in [2.24, 2.45) is 5.14 Å². The van der Waals surface area contributed by atoms with Gasteiger partial charge in [0.25, 0.3) is 0 Å². The van der Waals surface area contributed by atoms with E-state index in [2.05, 4.69) is 9.88 Å². The minimum Gasteiger partial charge on any atom is -0.497 e. The molecule has 0 aliphatic carbocycles. The van der Waals surface area contributed by atoms with Gasteiger partial charge in [-0.2, -0.15) is 0 Å². The number of sulfonamides is 1. The zero-order chi connectivity index (χ0) is 15.7. The van der Waals surface area contributed by atoms with Crippen LogP contribution in [0.25, 0.3) is 0 Å². The molecule has 2 heterocycles. The summed E-state index contributed by atoms with van der Waals surface area (Å²) >= 11 is 1.12. The van der Waals surface area contributed by atoms with Crippen molar-refractivity contribution in [3.05, 3.63) is 36.0 Å². The first kappa shape index (κ1) is 15.3. The summed E-state index contributed by atoms with van der Waals surface area (Å²) in [4.78, 5) is 6.37. The van der Waals surface area contributed by atoms with Gasteiger partial charge >= 0.3 is 0 Å². The van der Waals surface area contributed by atoms with E-state index in [0.29, 0.717) is 5.13 Å². The van der Waals surface area contributed by atoms with Crippen molar-refractivity contribution in [2.75, 3.05) is 18.6 Å². The molecular weight excluding hydrogens is 322 g/mol. The number of aromatic nitrogens is 1. The van der Waals surface area contributed by atoms with Crippen LogP contribution in [0.4, 0.5) is 5.13 Å². The number of thiazole rings is 1. The zero-order valence-corrected chi connectivity index (χ0v) is 13.7. The van der Waals surface area contributed by atoms with Gasteiger partial charge in [0.2, 0.25) is 10.0 Å². The van der Waals surface area contributed by atoms with E-state index in [0.717, 1.165) is 36.5 Å². The molecule has 0 spiro atoms. The number of nitrogens with two attached hydrogens (primary N) is 1. The molecule has 1 atom stereocenters. The van der Waals surface area contributed by atoms with Crippen LogP contribution in [0, 0.1) is 0 Å². The molecule has 1 saturated heterocycles. The first-order valence-electron chi connectivity index (χ1n) is 6.88. The van der Waals surface area contributed by atoms with Crippen LogP contribution in [0.15, 0.2) is 34.7 Å². The lowest BCUT2D eigenvalue weighted by molar-refractivity contribution is 0.414. The Kier molecular flexibility index (Phi) is 4.07. The number of rotatable bonds is 4. The largest absolute Gasteiger partial charge is 0.497 e. The van der Waals surface area contributed by atoms with Crippen molar-refractivity contribution in [3.63, 3.8) is 0 Å². The normalized spacial score (nSPS) is 18.6. The molecule has 118 valence electrons. The molecule has 0 radical (unpaired) electrons. The van der Waals surface area contributed by atoms with Crippen LogP contribution in [-0.2, 0) is 10.0 Å². The molecule has 1 aliphatic heterocycles. The summed E-state index contributed by atoms with van der Waals surface area (Å²) in [6.07, 6.45) is 3.39. The van der Waals surface area contributed by atoms with Crippen LogP contribution >= 0.6 is 11.3 Å². The molecule has 0 amide bonds. The quantitative estimate of drug-likeness (QED) is 0.922. The average molecular weight is 339 g/mol. The molecule has 1 aliphatic rings. The maximum atomic E-state index is 11.4. The second-order valence-electron chi connectivity index (χ2n) is 5.13. The Hall–Kier alpha value is -1.64. The number of nitrogens with zero attached hydrogens (tertiary/aromatic N) is 2. The standard InChI is InChI=1S/C14H17N3O3S2/c1-20-11-6-4-10(5-7-11)12-3-2-8-17(12)14-16-9-13(21-14)22(15,18)19/h4-7,9,12H,2-3,8H2,1H3,(H2,15,18,19)/t12-/m0/s1. The van der Waals surface area contributed by atoms with E-state index >= 15 is 0 Å². The summed E-state index contributed by atoms with van der Waals surface area (Å²) in [5.41, 5.74) is 1.17. The van der Waals surface area contributed by atoms with Crippen LogP contribution in [0.3, 0.4) is 0 Å². The third-order valence-electron chi connectivity index (χ3n) is 3.75. The van der Waals surface area contributed by atoms with Gasteiger partial charge in [-0.1, -0.05) is 23.5 Å². The van der Waals surface area contributed by atoms with Crippen LogP contribution in [0.2, 0.25) is 0 Å². The lowest BCUT2D eigenvalue weighted by atomic mass is 10.0. The number of benzene rings is 1. The fraction of sp³-hybridized carbons (Fsp3) is 0.357. The van der Waals surface area contributed by atoms with Gasteiger partial charge in [-0.15, -0.1) is 0 Å². The lowest BCUT2D eigenvalue weighted by Gasteiger charge is -2.24. The Morgan fingerprint density at radius 2 is 2.09 bits per heavy atom. The van der Waals surface area contributed by atoms with Gasteiger partial charge in [0.1, 0.15) is 5.75 Å². The molecule has 22 heavy (non-hydrogen) atoms. The molecular formula is C14H17N3O3S2. The minimum absolute atomic E-state index is 0.0999. The van der Waals surface area contributed by atoms with Crippen LogP contribution in [0.5, 0.6) is 5.75 Å². The van der Waals surface area contributed by atoms with Crippen molar-refractivity contribution in [1.29, 1.82) is 0 Å². The number of methoxy groups -OCH3 is 1. The third-order valence-corrected chi connectivity index (χ3v) is 6.19. The van der Waals surface area contributed by atoms with E-state index in [9.17, 15) is 8.42 Å². The predicted octanol–water partition coefficient (Wildman–Crippen LogP) is 2.14. The molecule has 2 N–H and O–H groups in total. The zero-order valence-electron chi connectivity index (χ0n) is 12.1. The SMILES string of the molecule is COc1ccc([C@@H]2CCCN2c2ncc(S(N)(=O)=O)s2)cc1. The van der Waals surface area contributed by atoms with E-state index in [4.69, 9.17) is 9.88 Å². The number of anilines is 1. The van der Waals surface area contributed by atoms with Crippen molar-refractivity contribution >= 4 is 26.5 Å². The van der Waals surface area contributed by atoms with Gasteiger partial charge in [-0.25, -0.2) is 18.5 Å². The first-order chi connectivity index (χ1) is 10.5. The van der Waals surface area contributed by atoms with Gasteiger partial charge in [0.05, 0.1) is 19.3 Å². The van der Waals surface area contributed by atoms with Crippen LogP contribution < -0.4 is 14.8 Å². The van der Waals surface area contributed by atoms with Crippen molar-refractivity contribution < 1.29 is 13.2 Å². The van der Waals surface area contributed by atoms with Gasteiger partial charge in [-0.3, -0.25) is 0 Å². The van der Waals surface area contributed by atoms with E-state index in [1.54, 1.807) is 7.11 Å². The molecule has 1 aromatic carbocycles. The fourth-order valence-electron chi connectivity index (χ4n) is 2.68. The van der Waals surface area contributed by atoms with Crippen molar-refractivity contribution in [3.8, 4) is 5.75 Å². The summed E-state index contributed by atoms with van der Waals surface area (Å²) in [6, 6.07) is 8.14. The van der Waals surface area contributed by atoms with Gasteiger partial charge in [0, 0.05) is 6.54 Å². The minimum atomic E-state index is -3.69. The predicted molar refractivity (Wildman–Crippen MR) is 85.8 cm³/mol. The highest BCUT2D eigenvalue weighted by Crippen LogP contribution is 2.38. The summed E-state index contributed by atoms with van der Waals surface area (Å²) in [6.45, 7) is 0.855. The number of ether oxygens (including phenoxy) is 1. The van der Waals surface area contributed by atoms with Crippen molar-refractivity contribution in [2.45, 2.75) is 23.1 Å². The lowest BCUT2D eigenvalue weighted by Crippen LogP contribution is -2.22.